The minimum atomic E-state index is -0.561. The Bertz CT molecular complexity index is 408. The van der Waals surface area contributed by atoms with Crippen LogP contribution in [0.1, 0.15) is 0 Å². The zero-order valence-corrected chi connectivity index (χ0v) is 9.37. The Labute approximate surface area is 93.4 Å². The molecule has 1 aromatic carbocycles. The number of rotatable bonds is 1. The molecule has 5 heteroatoms. The lowest BCUT2D eigenvalue weighted by Gasteiger charge is -2.40. The summed E-state index contributed by atoms with van der Waals surface area (Å²) in [7, 11) is 3.59. The molecule has 1 unspecified atom stereocenters. The van der Waals surface area contributed by atoms with Crippen molar-refractivity contribution >= 4 is 11.4 Å². The molecule has 1 aliphatic heterocycles. The highest BCUT2D eigenvalue weighted by Gasteiger charge is 2.28. The van der Waals surface area contributed by atoms with Crippen LogP contribution in [0.4, 0.5) is 20.2 Å². The Balaban J connectivity index is 2.54. The number of hydrogen-bond donors (Lipinski definition) is 1. The zero-order valence-electron chi connectivity index (χ0n) is 9.37. The molecule has 0 saturated carbocycles. The van der Waals surface area contributed by atoms with E-state index in [0.717, 1.165) is 6.07 Å². The highest BCUT2D eigenvalue weighted by molar-refractivity contribution is 5.74. The van der Waals surface area contributed by atoms with Gasteiger partial charge in [0.05, 0.1) is 17.4 Å². The summed E-state index contributed by atoms with van der Waals surface area (Å²) in [6.45, 7) is 1.10. The summed E-state index contributed by atoms with van der Waals surface area (Å²) in [5, 5.41) is 0. The van der Waals surface area contributed by atoms with Crippen molar-refractivity contribution in [3.63, 3.8) is 0 Å². The first-order chi connectivity index (χ1) is 7.54. The molecule has 2 N–H and O–H groups in total. The summed E-state index contributed by atoms with van der Waals surface area (Å²) in [6.07, 6.45) is 0. The van der Waals surface area contributed by atoms with Crippen LogP contribution in [0, 0.1) is 11.6 Å². The van der Waals surface area contributed by atoms with Crippen molar-refractivity contribution in [2.45, 2.75) is 6.04 Å². The number of nitrogens with two attached hydrogens (primary N) is 1. The number of fused-ring (bicyclic) bond motifs is 1. The smallest absolute Gasteiger partial charge is 0.151 e. The Morgan fingerprint density at radius 1 is 1.38 bits per heavy atom. The average molecular weight is 227 g/mol. The molecular formula is C11H15F2N3. The summed E-state index contributed by atoms with van der Waals surface area (Å²) in [5.74, 6) is -1.09. The fourth-order valence-electron chi connectivity index (χ4n) is 2.16. The number of halogens is 2. The molecule has 0 aliphatic carbocycles. The van der Waals surface area contributed by atoms with E-state index in [0.29, 0.717) is 24.5 Å². The molecule has 1 heterocycles. The molecule has 0 aromatic heterocycles. The molecule has 1 aromatic rings. The molecule has 16 heavy (non-hydrogen) atoms. The van der Waals surface area contributed by atoms with E-state index < -0.39 is 11.6 Å². The van der Waals surface area contributed by atoms with E-state index in [4.69, 9.17) is 5.73 Å². The minimum Gasteiger partial charge on any atom is -0.368 e. The third-order valence-electron chi connectivity index (χ3n) is 3.07. The van der Waals surface area contributed by atoms with Crippen LogP contribution in [0.3, 0.4) is 0 Å². The lowest BCUT2D eigenvalue weighted by molar-refractivity contribution is 0.555. The van der Waals surface area contributed by atoms with Crippen molar-refractivity contribution in [2.75, 3.05) is 37.0 Å². The third kappa shape index (κ3) is 1.61. The third-order valence-corrected chi connectivity index (χ3v) is 3.07. The lowest BCUT2D eigenvalue weighted by atomic mass is 10.1. The van der Waals surface area contributed by atoms with Gasteiger partial charge in [-0.25, -0.2) is 8.78 Å². The van der Waals surface area contributed by atoms with Gasteiger partial charge in [-0.1, -0.05) is 0 Å². The molecule has 0 fully saturated rings. The summed E-state index contributed by atoms with van der Waals surface area (Å²) >= 11 is 0. The van der Waals surface area contributed by atoms with E-state index >= 15 is 0 Å². The van der Waals surface area contributed by atoms with Gasteiger partial charge in [-0.05, 0) is 6.07 Å². The average Bonchev–Trinajstić information content (AvgIpc) is 2.22. The highest BCUT2D eigenvalue weighted by Crippen LogP contribution is 2.36. The maximum atomic E-state index is 13.6. The van der Waals surface area contributed by atoms with E-state index in [2.05, 4.69) is 0 Å². The summed E-state index contributed by atoms with van der Waals surface area (Å²) < 4.78 is 26.8. The van der Waals surface area contributed by atoms with Crippen molar-refractivity contribution in [1.82, 2.24) is 0 Å². The minimum absolute atomic E-state index is 0.0821. The standard InChI is InChI=1S/C11H15F2N3/c1-15-6-8(5-14)16(2)10-4-7(12)3-9(13)11(10)15/h3-4,8H,5-6,14H2,1-2H3. The summed E-state index contributed by atoms with van der Waals surface area (Å²) in [5.41, 5.74) is 6.63. The number of nitrogens with zero attached hydrogens (tertiary/aromatic N) is 2. The van der Waals surface area contributed by atoms with Gasteiger partial charge >= 0.3 is 0 Å². The maximum absolute atomic E-state index is 13.6. The van der Waals surface area contributed by atoms with Crippen molar-refractivity contribution in [1.29, 1.82) is 0 Å². The topological polar surface area (TPSA) is 32.5 Å². The second-order valence-electron chi connectivity index (χ2n) is 4.14. The summed E-state index contributed by atoms with van der Waals surface area (Å²) in [4.78, 5) is 3.61. The second-order valence-corrected chi connectivity index (χ2v) is 4.14. The quantitative estimate of drug-likeness (QED) is 0.782. The van der Waals surface area contributed by atoms with Crippen molar-refractivity contribution in [3.05, 3.63) is 23.8 Å². The molecule has 2 rings (SSSR count). The first kappa shape index (κ1) is 11.1. The van der Waals surface area contributed by atoms with Gasteiger partial charge in [0.25, 0.3) is 0 Å². The zero-order chi connectivity index (χ0) is 11.9. The first-order valence-corrected chi connectivity index (χ1v) is 5.17. The van der Waals surface area contributed by atoms with Crippen LogP contribution in [0.25, 0.3) is 0 Å². The molecular weight excluding hydrogens is 212 g/mol. The van der Waals surface area contributed by atoms with E-state index in [1.165, 1.54) is 6.07 Å². The molecule has 0 spiro atoms. The van der Waals surface area contributed by atoms with Crippen LogP contribution in [0.5, 0.6) is 0 Å². The van der Waals surface area contributed by atoms with Crippen LogP contribution in [0.2, 0.25) is 0 Å². The second kappa shape index (κ2) is 3.90. The molecule has 1 aliphatic rings. The molecule has 0 bridgehead atoms. The first-order valence-electron chi connectivity index (χ1n) is 5.17. The van der Waals surface area contributed by atoms with Gasteiger partial charge in [0, 0.05) is 33.3 Å². The number of anilines is 2. The Hall–Kier alpha value is -1.36. The van der Waals surface area contributed by atoms with Crippen LogP contribution in [-0.4, -0.2) is 33.2 Å². The predicted octanol–water partition coefficient (Wildman–Crippen LogP) is 1.18. The fraction of sp³-hybridized carbons (Fsp3) is 0.455. The van der Waals surface area contributed by atoms with Crippen LogP contribution in [0.15, 0.2) is 12.1 Å². The Morgan fingerprint density at radius 3 is 2.69 bits per heavy atom. The maximum Gasteiger partial charge on any atom is 0.151 e. The van der Waals surface area contributed by atoms with Gasteiger partial charge in [-0.15, -0.1) is 0 Å². The Kier molecular flexibility index (Phi) is 2.71. The van der Waals surface area contributed by atoms with E-state index in [1.807, 2.05) is 11.9 Å². The van der Waals surface area contributed by atoms with Gasteiger partial charge in [-0.3, -0.25) is 0 Å². The van der Waals surface area contributed by atoms with Crippen LogP contribution >= 0.6 is 0 Å². The summed E-state index contributed by atoms with van der Waals surface area (Å²) in [6, 6.07) is 2.33. The number of benzene rings is 1. The SMILES string of the molecule is CN1CC(CN)N(C)c2cc(F)cc(F)c21. The highest BCUT2D eigenvalue weighted by atomic mass is 19.1. The monoisotopic (exact) mass is 227 g/mol. The largest absolute Gasteiger partial charge is 0.368 e. The van der Waals surface area contributed by atoms with Crippen molar-refractivity contribution in [2.24, 2.45) is 5.73 Å². The van der Waals surface area contributed by atoms with Crippen molar-refractivity contribution < 1.29 is 8.78 Å². The number of likely N-dealkylation sites (N-methyl/N-ethyl adjacent to an activating group) is 2. The van der Waals surface area contributed by atoms with Crippen LogP contribution in [-0.2, 0) is 0 Å². The van der Waals surface area contributed by atoms with Gasteiger partial charge in [0.15, 0.2) is 5.82 Å². The van der Waals surface area contributed by atoms with E-state index in [1.54, 1.807) is 11.9 Å². The van der Waals surface area contributed by atoms with E-state index in [-0.39, 0.29) is 6.04 Å². The number of hydrogen-bond acceptors (Lipinski definition) is 3. The molecule has 0 amide bonds. The van der Waals surface area contributed by atoms with Gasteiger partial charge in [0.1, 0.15) is 5.82 Å². The van der Waals surface area contributed by atoms with Gasteiger partial charge < -0.3 is 15.5 Å². The molecule has 88 valence electrons. The van der Waals surface area contributed by atoms with Gasteiger partial charge in [0.2, 0.25) is 0 Å². The van der Waals surface area contributed by atoms with E-state index in [9.17, 15) is 8.78 Å². The van der Waals surface area contributed by atoms with Crippen LogP contribution < -0.4 is 15.5 Å². The lowest BCUT2D eigenvalue weighted by Crippen LogP contribution is -2.50. The van der Waals surface area contributed by atoms with Crippen molar-refractivity contribution in [3.8, 4) is 0 Å². The Morgan fingerprint density at radius 2 is 2.06 bits per heavy atom. The molecule has 1 atom stereocenters. The predicted molar refractivity (Wildman–Crippen MR) is 60.9 cm³/mol. The normalized spacial score (nSPS) is 19.9. The molecule has 3 nitrogen and oxygen atoms in total. The van der Waals surface area contributed by atoms with Gasteiger partial charge in [-0.2, -0.15) is 0 Å². The molecule has 0 radical (unpaired) electrons. The molecule has 0 saturated heterocycles. The fourth-order valence-corrected chi connectivity index (χ4v) is 2.16.